The summed E-state index contributed by atoms with van der Waals surface area (Å²) in [6.45, 7) is 2.74. The number of hydrogen-bond donors (Lipinski definition) is 2. The number of thiophene rings is 1. The van der Waals surface area contributed by atoms with E-state index in [9.17, 15) is 9.65 Å². The van der Waals surface area contributed by atoms with Gasteiger partial charge >= 0.3 is 6.01 Å². The average Bonchev–Trinajstić information content (AvgIpc) is 3.75. The third-order valence-electron chi connectivity index (χ3n) is 9.17. The lowest BCUT2D eigenvalue weighted by Gasteiger charge is -2.35. The standard InChI is InChI=1S/C29H25ClF2N6O3S/c1-38-17-8-35-7-12(17)9-39-24-20-23(36-28(37-27(20)38)41-11-29-4-13(5-29)40-10-29)22(32)19(21(24)30)14-2-3-16(31)25-18(14)15(6-33)26(34)42-25/h2-3,12-13,17,35H,4-5,7-11,34H2,1H3. The Morgan fingerprint density at radius 2 is 2.12 bits per heavy atom. The Balaban J connectivity index is 1.38. The minimum atomic E-state index is -0.751. The third kappa shape index (κ3) is 3.63. The molecule has 3 saturated heterocycles. The smallest absolute Gasteiger partial charge is 0.319 e. The SMILES string of the molecule is CN1c2nc(OCC34COC(C3)C4)nc3c(F)c(-c4ccc(F)c5sc(N)c(C#N)c45)c(Cl)c(c23)OCC2CNCC21. The number of fused-ring (bicyclic) bond motifs is 3. The van der Waals surface area contributed by atoms with Gasteiger partial charge < -0.3 is 30.2 Å². The fourth-order valence-corrected chi connectivity index (χ4v) is 8.22. The maximum Gasteiger partial charge on any atom is 0.319 e. The predicted octanol–water partition coefficient (Wildman–Crippen LogP) is 4.87. The van der Waals surface area contributed by atoms with Gasteiger partial charge in [-0.15, -0.1) is 11.3 Å². The molecule has 4 aromatic rings. The summed E-state index contributed by atoms with van der Waals surface area (Å²) in [7, 11) is 1.92. The van der Waals surface area contributed by atoms with Crippen LogP contribution in [0, 0.1) is 34.3 Å². The van der Waals surface area contributed by atoms with Crippen LogP contribution in [0.2, 0.25) is 5.02 Å². The number of ether oxygens (including phenoxy) is 3. The molecule has 216 valence electrons. The van der Waals surface area contributed by atoms with Crippen molar-refractivity contribution < 1.29 is 23.0 Å². The number of rotatable bonds is 4. The first-order valence-corrected chi connectivity index (χ1v) is 14.9. The first-order chi connectivity index (χ1) is 20.3. The molecule has 0 radical (unpaired) electrons. The van der Waals surface area contributed by atoms with Crippen molar-refractivity contribution in [2.75, 3.05) is 50.6 Å². The number of benzene rings is 2. The molecule has 6 heterocycles. The molecule has 1 aliphatic carbocycles. The van der Waals surface area contributed by atoms with Gasteiger partial charge in [-0.2, -0.15) is 15.2 Å². The van der Waals surface area contributed by atoms with Crippen LogP contribution in [0.15, 0.2) is 12.1 Å². The van der Waals surface area contributed by atoms with E-state index in [1.54, 1.807) is 0 Å². The predicted molar refractivity (Wildman–Crippen MR) is 155 cm³/mol. The Kier molecular flexibility index (Phi) is 5.76. The van der Waals surface area contributed by atoms with Gasteiger partial charge in [0.25, 0.3) is 0 Å². The van der Waals surface area contributed by atoms with Crippen LogP contribution in [-0.4, -0.2) is 62.1 Å². The van der Waals surface area contributed by atoms with Crippen molar-refractivity contribution in [2.24, 2.45) is 11.3 Å². The number of nitrogens with two attached hydrogens (primary N) is 1. The molecule has 2 aromatic heterocycles. The second-order valence-corrected chi connectivity index (χ2v) is 13.1. The summed E-state index contributed by atoms with van der Waals surface area (Å²) in [5, 5.41) is 13.9. The van der Waals surface area contributed by atoms with Crippen molar-refractivity contribution in [1.29, 1.82) is 5.26 Å². The molecule has 9 nitrogen and oxygen atoms in total. The molecule has 0 amide bonds. The molecule has 9 rings (SSSR count). The number of nitriles is 1. The summed E-state index contributed by atoms with van der Waals surface area (Å²) in [6, 6.07) is 4.75. The van der Waals surface area contributed by atoms with Crippen LogP contribution >= 0.6 is 22.9 Å². The van der Waals surface area contributed by atoms with Crippen LogP contribution in [0.5, 0.6) is 11.8 Å². The van der Waals surface area contributed by atoms with E-state index in [4.69, 9.17) is 36.5 Å². The summed E-state index contributed by atoms with van der Waals surface area (Å²) in [5.41, 5.74) is 6.19. The van der Waals surface area contributed by atoms with Crippen LogP contribution in [-0.2, 0) is 4.74 Å². The van der Waals surface area contributed by atoms with E-state index < -0.39 is 11.6 Å². The van der Waals surface area contributed by atoms with Crippen molar-refractivity contribution >= 4 is 54.7 Å². The van der Waals surface area contributed by atoms with E-state index in [1.807, 2.05) is 18.0 Å². The molecular formula is C29H25ClF2N6O3S. The number of likely N-dealkylation sites (N-methyl/N-ethyl adjacent to an activating group) is 1. The first-order valence-electron chi connectivity index (χ1n) is 13.7. The van der Waals surface area contributed by atoms with E-state index >= 15 is 4.39 Å². The molecule has 1 saturated carbocycles. The van der Waals surface area contributed by atoms with Gasteiger partial charge in [0.05, 0.1) is 46.6 Å². The molecule has 2 aromatic carbocycles. The fraction of sp³-hybridized carbons (Fsp3) is 0.414. The molecule has 3 N–H and O–H groups in total. The Bertz CT molecular complexity index is 1850. The zero-order chi connectivity index (χ0) is 28.9. The Hall–Kier alpha value is -3.50. The summed E-state index contributed by atoms with van der Waals surface area (Å²) in [6.07, 6.45) is 2.11. The summed E-state index contributed by atoms with van der Waals surface area (Å²) in [4.78, 5) is 11.3. The number of nitrogens with one attached hydrogen (secondary N) is 1. The Labute approximate surface area is 248 Å². The van der Waals surface area contributed by atoms with Crippen LogP contribution < -0.4 is 25.4 Å². The normalized spacial score (nSPS) is 26.0. The van der Waals surface area contributed by atoms with Crippen LogP contribution in [0.4, 0.5) is 19.6 Å². The number of halogens is 3. The molecule has 42 heavy (non-hydrogen) atoms. The first kappa shape index (κ1) is 26.2. The van der Waals surface area contributed by atoms with E-state index in [1.165, 1.54) is 12.1 Å². The molecule has 4 aliphatic heterocycles. The molecule has 5 aliphatic rings. The molecule has 2 atom stereocenters. The lowest BCUT2D eigenvalue weighted by atomic mass is 9.71. The molecule has 2 bridgehead atoms. The highest BCUT2D eigenvalue weighted by molar-refractivity contribution is 7.23. The zero-order valence-electron chi connectivity index (χ0n) is 22.5. The van der Waals surface area contributed by atoms with Gasteiger partial charge in [-0.1, -0.05) is 17.7 Å². The van der Waals surface area contributed by atoms with Crippen LogP contribution in [0.25, 0.3) is 32.1 Å². The lowest BCUT2D eigenvalue weighted by molar-refractivity contribution is 0.0785. The van der Waals surface area contributed by atoms with Gasteiger partial charge in [0.2, 0.25) is 0 Å². The lowest BCUT2D eigenvalue weighted by Crippen LogP contribution is -2.42. The maximum absolute atomic E-state index is 16.9. The average molecular weight is 611 g/mol. The van der Waals surface area contributed by atoms with Crippen LogP contribution in [0.3, 0.4) is 0 Å². The van der Waals surface area contributed by atoms with Crippen molar-refractivity contribution in [3.05, 3.63) is 34.4 Å². The summed E-state index contributed by atoms with van der Waals surface area (Å²) in [5.74, 6) is -0.526. The number of nitrogen functional groups attached to an aromatic ring is 1. The minimum absolute atomic E-state index is 0.0135. The highest BCUT2D eigenvalue weighted by Gasteiger charge is 2.52. The van der Waals surface area contributed by atoms with Gasteiger partial charge in [0, 0.05) is 48.5 Å². The van der Waals surface area contributed by atoms with Crippen molar-refractivity contribution in [3.63, 3.8) is 0 Å². The third-order valence-corrected chi connectivity index (χ3v) is 10.6. The summed E-state index contributed by atoms with van der Waals surface area (Å²) >= 11 is 7.93. The van der Waals surface area contributed by atoms with Gasteiger partial charge in [0.1, 0.15) is 28.2 Å². The van der Waals surface area contributed by atoms with Crippen molar-refractivity contribution in [3.8, 4) is 29.0 Å². The van der Waals surface area contributed by atoms with Gasteiger partial charge in [-0.3, -0.25) is 0 Å². The molecule has 2 unspecified atom stereocenters. The Morgan fingerprint density at radius 1 is 1.29 bits per heavy atom. The molecule has 4 fully saturated rings. The monoisotopic (exact) mass is 610 g/mol. The quantitative estimate of drug-likeness (QED) is 0.333. The highest BCUT2D eigenvalue weighted by Crippen LogP contribution is 2.52. The number of anilines is 2. The number of hydrogen-bond acceptors (Lipinski definition) is 10. The topological polar surface area (TPSA) is 119 Å². The number of nitrogens with zero attached hydrogens (tertiary/aromatic N) is 4. The van der Waals surface area contributed by atoms with Gasteiger partial charge in [-0.05, 0) is 24.5 Å². The van der Waals surface area contributed by atoms with E-state index in [0.717, 1.165) is 30.7 Å². The Morgan fingerprint density at radius 3 is 2.88 bits per heavy atom. The molecule has 13 heteroatoms. The second kappa shape index (κ2) is 9.25. The largest absolute Gasteiger partial charge is 0.491 e. The highest BCUT2D eigenvalue weighted by atomic mass is 35.5. The van der Waals surface area contributed by atoms with Gasteiger partial charge in [0.15, 0.2) is 11.6 Å². The van der Waals surface area contributed by atoms with Gasteiger partial charge in [-0.25, -0.2) is 8.78 Å². The second-order valence-electron chi connectivity index (χ2n) is 11.7. The molecular weight excluding hydrogens is 586 g/mol. The van der Waals surface area contributed by atoms with E-state index in [0.29, 0.717) is 37.6 Å². The fourth-order valence-electron chi connectivity index (χ4n) is 6.94. The molecule has 0 spiro atoms. The zero-order valence-corrected chi connectivity index (χ0v) is 24.0. The number of aromatic nitrogens is 2. The van der Waals surface area contributed by atoms with Crippen LogP contribution in [0.1, 0.15) is 18.4 Å². The summed E-state index contributed by atoms with van der Waals surface area (Å²) < 4.78 is 50.1. The van der Waals surface area contributed by atoms with E-state index in [2.05, 4.69) is 10.3 Å². The maximum atomic E-state index is 16.9. The van der Waals surface area contributed by atoms with Crippen molar-refractivity contribution in [2.45, 2.75) is 25.0 Å². The van der Waals surface area contributed by atoms with Crippen molar-refractivity contribution in [1.82, 2.24) is 15.3 Å². The van der Waals surface area contributed by atoms with E-state index in [-0.39, 0.29) is 77.6 Å². The minimum Gasteiger partial charge on any atom is -0.491 e.